The van der Waals surface area contributed by atoms with E-state index in [1.165, 1.54) is 26.2 Å². The summed E-state index contributed by atoms with van der Waals surface area (Å²) in [4.78, 5) is 23.5. The van der Waals surface area contributed by atoms with Gasteiger partial charge in [-0.15, -0.1) is 0 Å². The maximum Gasteiger partial charge on any atom is 0.302 e. The molecule has 3 aliphatic carbocycles. The molecule has 4 unspecified atom stereocenters. The third-order valence-electron chi connectivity index (χ3n) is 6.03. The van der Waals surface area contributed by atoms with Crippen LogP contribution in [0, 0.1) is 23.7 Å². The van der Waals surface area contributed by atoms with Crippen LogP contribution in [-0.2, 0) is 14.3 Å². The minimum Gasteiger partial charge on any atom is -0.462 e. The molecule has 3 saturated carbocycles. The van der Waals surface area contributed by atoms with Crippen molar-refractivity contribution in [3.8, 4) is 0 Å². The van der Waals surface area contributed by atoms with Gasteiger partial charge in [0.25, 0.3) is 0 Å². The maximum atomic E-state index is 12.3. The fraction of sp³-hybridized carbons (Fsp3) is 0.789. The quantitative estimate of drug-likeness (QED) is 0.581. The van der Waals surface area contributed by atoms with Gasteiger partial charge in [0.1, 0.15) is 6.10 Å². The van der Waals surface area contributed by atoms with Gasteiger partial charge in [-0.3, -0.25) is 9.59 Å². The molecule has 3 fully saturated rings. The lowest BCUT2D eigenvalue weighted by atomic mass is 9.85. The van der Waals surface area contributed by atoms with Gasteiger partial charge in [-0.2, -0.15) is 0 Å². The summed E-state index contributed by atoms with van der Waals surface area (Å²) in [5.74, 6) is 2.11. The van der Waals surface area contributed by atoms with Crippen molar-refractivity contribution < 1.29 is 14.3 Å². The summed E-state index contributed by atoms with van der Waals surface area (Å²) >= 11 is 0. The van der Waals surface area contributed by atoms with Crippen molar-refractivity contribution in [3.05, 3.63) is 12.2 Å². The molecule has 0 aliphatic heterocycles. The summed E-state index contributed by atoms with van der Waals surface area (Å²) in [6.45, 7) is 1.50. The highest BCUT2D eigenvalue weighted by Crippen LogP contribution is 2.49. The molecule has 0 aromatic rings. The van der Waals surface area contributed by atoms with E-state index in [2.05, 4.69) is 6.08 Å². The molecule has 0 amide bonds. The highest BCUT2D eigenvalue weighted by molar-refractivity contribution is 5.91. The SMILES string of the molecule is CC(=O)OC1CCC2C(C=CC(=O)C3CCCCC3)CCC12. The molecule has 0 radical (unpaired) electrons. The topological polar surface area (TPSA) is 43.4 Å². The Morgan fingerprint density at radius 2 is 1.64 bits per heavy atom. The van der Waals surface area contributed by atoms with Gasteiger partial charge in [-0.05, 0) is 62.4 Å². The lowest BCUT2D eigenvalue weighted by Crippen LogP contribution is -2.22. The molecular weight excluding hydrogens is 276 g/mol. The van der Waals surface area contributed by atoms with Gasteiger partial charge < -0.3 is 4.74 Å². The summed E-state index contributed by atoms with van der Waals surface area (Å²) < 4.78 is 5.46. The molecule has 0 N–H and O–H groups in total. The minimum atomic E-state index is -0.155. The van der Waals surface area contributed by atoms with Crippen molar-refractivity contribution in [2.45, 2.75) is 70.8 Å². The second-order valence-corrected chi connectivity index (χ2v) is 7.39. The van der Waals surface area contributed by atoms with E-state index < -0.39 is 0 Å². The first-order chi connectivity index (χ1) is 10.6. The standard InChI is InChI=1S/C19H28O3/c1-13(20)22-19-12-10-16-14(7-9-17(16)19)8-11-18(21)15-5-3-2-4-6-15/h8,11,14-17,19H,2-7,9-10,12H2,1H3. The first-order valence-corrected chi connectivity index (χ1v) is 9.04. The Labute approximate surface area is 133 Å². The first kappa shape index (κ1) is 15.8. The number of esters is 1. The van der Waals surface area contributed by atoms with Crippen molar-refractivity contribution >= 4 is 11.8 Å². The van der Waals surface area contributed by atoms with E-state index in [-0.39, 0.29) is 18.0 Å². The van der Waals surface area contributed by atoms with Crippen molar-refractivity contribution in [2.24, 2.45) is 23.7 Å². The van der Waals surface area contributed by atoms with E-state index in [4.69, 9.17) is 4.74 Å². The average molecular weight is 304 g/mol. The van der Waals surface area contributed by atoms with Crippen LogP contribution in [0.25, 0.3) is 0 Å². The van der Waals surface area contributed by atoms with Gasteiger partial charge in [0.05, 0.1) is 0 Å². The van der Waals surface area contributed by atoms with Gasteiger partial charge in [-0.25, -0.2) is 0 Å². The van der Waals surface area contributed by atoms with Crippen LogP contribution >= 0.6 is 0 Å². The smallest absolute Gasteiger partial charge is 0.302 e. The van der Waals surface area contributed by atoms with Crippen LogP contribution in [0.5, 0.6) is 0 Å². The maximum absolute atomic E-state index is 12.3. The summed E-state index contributed by atoms with van der Waals surface area (Å²) in [5, 5.41) is 0. The third-order valence-corrected chi connectivity index (χ3v) is 6.03. The third kappa shape index (κ3) is 3.44. The van der Waals surface area contributed by atoms with Crippen molar-refractivity contribution in [1.82, 2.24) is 0 Å². The zero-order chi connectivity index (χ0) is 15.5. The number of carbonyl (C=O) groups is 2. The monoisotopic (exact) mass is 304 g/mol. The molecule has 0 aromatic carbocycles. The molecule has 0 spiro atoms. The van der Waals surface area contributed by atoms with Gasteiger partial charge in [0.15, 0.2) is 5.78 Å². The van der Waals surface area contributed by atoms with Crippen LogP contribution in [0.15, 0.2) is 12.2 Å². The minimum absolute atomic E-state index is 0.120. The van der Waals surface area contributed by atoms with Crippen molar-refractivity contribution in [2.75, 3.05) is 0 Å². The number of ether oxygens (including phenoxy) is 1. The van der Waals surface area contributed by atoms with Crippen molar-refractivity contribution in [3.63, 3.8) is 0 Å². The van der Waals surface area contributed by atoms with E-state index in [0.29, 0.717) is 23.5 Å². The molecule has 22 heavy (non-hydrogen) atoms. The summed E-state index contributed by atoms with van der Waals surface area (Å²) in [6, 6.07) is 0. The Kier molecular flexibility index (Phi) is 5.00. The van der Waals surface area contributed by atoms with E-state index in [0.717, 1.165) is 38.5 Å². The first-order valence-electron chi connectivity index (χ1n) is 9.04. The molecule has 4 atom stereocenters. The van der Waals surface area contributed by atoms with E-state index in [9.17, 15) is 9.59 Å². The zero-order valence-electron chi connectivity index (χ0n) is 13.6. The van der Waals surface area contributed by atoms with Crippen LogP contribution in [0.1, 0.15) is 64.7 Å². The van der Waals surface area contributed by atoms with Crippen LogP contribution in [0.2, 0.25) is 0 Å². The molecule has 122 valence electrons. The molecule has 3 heteroatoms. The normalized spacial score (nSPS) is 35.7. The van der Waals surface area contributed by atoms with Crippen LogP contribution in [0.3, 0.4) is 0 Å². The fourth-order valence-corrected chi connectivity index (χ4v) is 4.93. The molecule has 0 saturated heterocycles. The number of rotatable bonds is 4. The average Bonchev–Trinajstić information content (AvgIpc) is 3.09. The molecular formula is C19H28O3. The lowest BCUT2D eigenvalue weighted by molar-refractivity contribution is -0.148. The second-order valence-electron chi connectivity index (χ2n) is 7.39. The Bertz CT molecular complexity index is 448. The Hall–Kier alpha value is -1.12. The van der Waals surface area contributed by atoms with Crippen molar-refractivity contribution in [1.29, 1.82) is 0 Å². The van der Waals surface area contributed by atoms with E-state index >= 15 is 0 Å². The molecule has 3 nitrogen and oxygen atoms in total. The Morgan fingerprint density at radius 1 is 0.909 bits per heavy atom. The van der Waals surface area contributed by atoms with Gasteiger partial charge >= 0.3 is 5.97 Å². The molecule has 0 aromatic heterocycles. The Morgan fingerprint density at radius 3 is 2.36 bits per heavy atom. The molecule has 0 bridgehead atoms. The number of ketones is 1. The van der Waals surface area contributed by atoms with Gasteiger partial charge in [0.2, 0.25) is 0 Å². The number of carbonyl (C=O) groups excluding carboxylic acids is 2. The largest absolute Gasteiger partial charge is 0.462 e. The summed E-state index contributed by atoms with van der Waals surface area (Å²) in [6.07, 6.45) is 14.4. The Balaban J connectivity index is 1.54. The molecule has 0 heterocycles. The lowest BCUT2D eigenvalue weighted by Gasteiger charge is -2.20. The van der Waals surface area contributed by atoms with Crippen LogP contribution in [0.4, 0.5) is 0 Å². The number of fused-ring (bicyclic) bond motifs is 1. The van der Waals surface area contributed by atoms with Crippen LogP contribution < -0.4 is 0 Å². The highest BCUT2D eigenvalue weighted by Gasteiger charge is 2.45. The number of hydrogen-bond acceptors (Lipinski definition) is 3. The fourth-order valence-electron chi connectivity index (χ4n) is 4.93. The van der Waals surface area contributed by atoms with Gasteiger partial charge in [-0.1, -0.05) is 25.3 Å². The summed E-state index contributed by atoms with van der Waals surface area (Å²) in [5.41, 5.74) is 0. The van der Waals surface area contributed by atoms with Crippen LogP contribution in [-0.4, -0.2) is 17.9 Å². The molecule has 3 rings (SSSR count). The van der Waals surface area contributed by atoms with E-state index in [1.54, 1.807) is 0 Å². The van der Waals surface area contributed by atoms with E-state index in [1.807, 2.05) is 6.08 Å². The zero-order valence-corrected chi connectivity index (χ0v) is 13.6. The highest BCUT2D eigenvalue weighted by atomic mass is 16.5. The second kappa shape index (κ2) is 6.97. The summed E-state index contributed by atoms with van der Waals surface area (Å²) in [7, 11) is 0. The molecule has 3 aliphatic rings. The number of hydrogen-bond donors (Lipinski definition) is 0. The predicted molar refractivity (Wildman–Crippen MR) is 85.2 cm³/mol. The van der Waals surface area contributed by atoms with Gasteiger partial charge in [0, 0.05) is 12.8 Å². The predicted octanol–water partition coefficient (Wildman–Crippen LogP) is 4.06. The number of allylic oxidation sites excluding steroid dienone is 2.